The van der Waals surface area contributed by atoms with Crippen LogP contribution in [0.3, 0.4) is 0 Å². The van der Waals surface area contributed by atoms with Crippen LogP contribution in [-0.2, 0) is 6.42 Å². The quantitative estimate of drug-likeness (QED) is 0.936. The van der Waals surface area contributed by atoms with Crippen LogP contribution in [0.1, 0.15) is 51.9 Å². The lowest BCUT2D eigenvalue weighted by atomic mass is 9.89. The van der Waals surface area contributed by atoms with E-state index < -0.39 is 5.97 Å². The SMILES string of the molecule is COc1ccc2c(c1)CC(C)N(C(=O)c1cc(C(=O)O)co1)C2C. The molecule has 1 aliphatic rings. The van der Waals surface area contributed by atoms with Gasteiger partial charge in [0.15, 0.2) is 5.76 Å². The van der Waals surface area contributed by atoms with E-state index >= 15 is 0 Å². The number of amides is 1. The molecule has 1 aromatic carbocycles. The minimum absolute atomic E-state index is 0.0270. The van der Waals surface area contributed by atoms with Crippen LogP contribution < -0.4 is 4.74 Å². The van der Waals surface area contributed by atoms with E-state index in [-0.39, 0.29) is 29.3 Å². The topological polar surface area (TPSA) is 80.0 Å². The molecule has 6 nitrogen and oxygen atoms in total. The van der Waals surface area contributed by atoms with Crippen molar-refractivity contribution in [2.75, 3.05) is 7.11 Å². The predicted molar refractivity (Wildman–Crippen MR) is 86.4 cm³/mol. The highest BCUT2D eigenvalue weighted by molar-refractivity contribution is 5.96. The molecular weight excluding hydrogens is 310 g/mol. The highest BCUT2D eigenvalue weighted by Gasteiger charge is 2.34. The second-order valence-electron chi connectivity index (χ2n) is 6.01. The second kappa shape index (κ2) is 6.03. The summed E-state index contributed by atoms with van der Waals surface area (Å²) in [5.41, 5.74) is 2.19. The van der Waals surface area contributed by atoms with Gasteiger partial charge in [-0.15, -0.1) is 0 Å². The standard InChI is InChI=1S/C18H19NO5/c1-10-6-12-7-14(23-3)4-5-15(12)11(2)19(10)17(20)16-8-13(9-24-16)18(21)22/h4-5,7-11H,6H2,1-3H3,(H,21,22). The molecule has 2 atom stereocenters. The van der Waals surface area contributed by atoms with E-state index in [1.807, 2.05) is 32.0 Å². The van der Waals surface area contributed by atoms with Gasteiger partial charge >= 0.3 is 5.97 Å². The van der Waals surface area contributed by atoms with Crippen molar-refractivity contribution in [1.82, 2.24) is 4.90 Å². The van der Waals surface area contributed by atoms with Crippen molar-refractivity contribution in [2.45, 2.75) is 32.4 Å². The first-order valence-corrected chi connectivity index (χ1v) is 7.73. The highest BCUT2D eigenvalue weighted by Crippen LogP contribution is 2.35. The third-order valence-electron chi connectivity index (χ3n) is 4.50. The van der Waals surface area contributed by atoms with Crippen LogP contribution in [0.15, 0.2) is 34.9 Å². The summed E-state index contributed by atoms with van der Waals surface area (Å²) in [6.45, 7) is 3.93. The molecule has 1 amide bonds. The van der Waals surface area contributed by atoms with Gasteiger partial charge in [0.05, 0.1) is 18.7 Å². The fourth-order valence-electron chi connectivity index (χ4n) is 3.31. The largest absolute Gasteiger partial charge is 0.497 e. The van der Waals surface area contributed by atoms with Crippen LogP contribution in [0.2, 0.25) is 0 Å². The molecule has 0 saturated heterocycles. The second-order valence-corrected chi connectivity index (χ2v) is 6.01. The number of carbonyl (C=O) groups is 2. The van der Waals surface area contributed by atoms with Crippen molar-refractivity contribution >= 4 is 11.9 Å². The number of hydrogen-bond acceptors (Lipinski definition) is 4. The highest BCUT2D eigenvalue weighted by atomic mass is 16.5. The summed E-state index contributed by atoms with van der Waals surface area (Å²) < 4.78 is 10.4. The molecule has 2 heterocycles. The number of rotatable bonds is 3. The third kappa shape index (κ3) is 2.64. The Morgan fingerprint density at radius 1 is 1.29 bits per heavy atom. The molecule has 0 saturated carbocycles. The van der Waals surface area contributed by atoms with Crippen LogP contribution in [-0.4, -0.2) is 35.0 Å². The Labute approximate surface area is 139 Å². The van der Waals surface area contributed by atoms with Gasteiger partial charge in [-0.25, -0.2) is 4.79 Å². The van der Waals surface area contributed by atoms with Gasteiger partial charge in [0.2, 0.25) is 0 Å². The monoisotopic (exact) mass is 329 g/mol. The Balaban J connectivity index is 1.92. The number of hydrogen-bond donors (Lipinski definition) is 1. The first kappa shape index (κ1) is 16.1. The Morgan fingerprint density at radius 3 is 2.67 bits per heavy atom. The molecule has 1 N–H and O–H groups in total. The van der Waals surface area contributed by atoms with Gasteiger partial charge in [0.1, 0.15) is 12.0 Å². The zero-order chi connectivity index (χ0) is 17.4. The lowest BCUT2D eigenvalue weighted by Gasteiger charge is -2.40. The van der Waals surface area contributed by atoms with Crippen LogP contribution in [0, 0.1) is 0 Å². The molecule has 0 radical (unpaired) electrons. The van der Waals surface area contributed by atoms with Gasteiger partial charge in [0, 0.05) is 12.1 Å². The van der Waals surface area contributed by atoms with E-state index in [4.69, 9.17) is 14.3 Å². The van der Waals surface area contributed by atoms with Gasteiger partial charge in [0.25, 0.3) is 5.91 Å². The number of carbonyl (C=O) groups excluding carboxylic acids is 1. The molecule has 2 aromatic rings. The van der Waals surface area contributed by atoms with Gasteiger partial charge in [-0.05, 0) is 43.5 Å². The molecular formula is C18H19NO5. The average Bonchev–Trinajstić information content (AvgIpc) is 3.04. The van der Waals surface area contributed by atoms with Crippen molar-refractivity contribution in [3.63, 3.8) is 0 Å². The third-order valence-corrected chi connectivity index (χ3v) is 4.50. The maximum Gasteiger partial charge on any atom is 0.338 e. The number of ether oxygens (including phenoxy) is 1. The van der Waals surface area contributed by atoms with E-state index in [9.17, 15) is 9.59 Å². The molecule has 0 fully saturated rings. The molecule has 0 aliphatic carbocycles. The van der Waals surface area contributed by atoms with Crippen molar-refractivity contribution in [3.05, 3.63) is 53.0 Å². The summed E-state index contributed by atoms with van der Waals surface area (Å²) in [5, 5.41) is 8.98. The summed E-state index contributed by atoms with van der Waals surface area (Å²) in [6, 6.07) is 6.94. The Bertz CT molecular complexity index is 794. The molecule has 126 valence electrons. The number of benzene rings is 1. The summed E-state index contributed by atoms with van der Waals surface area (Å²) in [6.07, 6.45) is 1.79. The maximum atomic E-state index is 12.8. The van der Waals surface area contributed by atoms with Gasteiger partial charge in [-0.3, -0.25) is 4.79 Å². The number of methoxy groups -OCH3 is 1. The number of aromatic carboxylic acids is 1. The number of fused-ring (bicyclic) bond motifs is 1. The minimum Gasteiger partial charge on any atom is -0.497 e. The van der Waals surface area contributed by atoms with Crippen LogP contribution in [0.4, 0.5) is 0 Å². The van der Waals surface area contributed by atoms with Gasteiger partial charge in [-0.1, -0.05) is 6.07 Å². The molecule has 1 aromatic heterocycles. The molecule has 0 spiro atoms. The fourth-order valence-corrected chi connectivity index (χ4v) is 3.31. The van der Waals surface area contributed by atoms with Gasteiger partial charge < -0.3 is 19.2 Å². The minimum atomic E-state index is -1.12. The van der Waals surface area contributed by atoms with E-state index in [1.165, 1.54) is 6.07 Å². The van der Waals surface area contributed by atoms with Crippen molar-refractivity contribution < 1.29 is 23.8 Å². The number of furan rings is 1. The van der Waals surface area contributed by atoms with Crippen molar-refractivity contribution in [2.24, 2.45) is 0 Å². The summed E-state index contributed by atoms with van der Waals surface area (Å²) in [5.74, 6) is -0.577. The average molecular weight is 329 g/mol. The Morgan fingerprint density at radius 2 is 2.04 bits per heavy atom. The summed E-state index contributed by atoms with van der Waals surface area (Å²) in [7, 11) is 1.63. The molecule has 2 unspecified atom stereocenters. The van der Waals surface area contributed by atoms with E-state index in [2.05, 4.69) is 0 Å². The lowest BCUT2D eigenvalue weighted by Crippen LogP contribution is -2.44. The molecule has 24 heavy (non-hydrogen) atoms. The maximum absolute atomic E-state index is 12.8. The molecule has 3 rings (SSSR count). The smallest absolute Gasteiger partial charge is 0.338 e. The van der Waals surface area contributed by atoms with Crippen LogP contribution in [0.5, 0.6) is 5.75 Å². The zero-order valence-corrected chi connectivity index (χ0v) is 13.8. The number of carboxylic acids is 1. The van der Waals surface area contributed by atoms with Crippen molar-refractivity contribution in [3.8, 4) is 5.75 Å². The fraction of sp³-hybridized carbons (Fsp3) is 0.333. The molecule has 6 heteroatoms. The summed E-state index contributed by atoms with van der Waals surface area (Å²) in [4.78, 5) is 25.5. The number of carboxylic acid groups (broad SMARTS) is 1. The van der Waals surface area contributed by atoms with E-state index in [0.717, 1.165) is 23.1 Å². The van der Waals surface area contributed by atoms with E-state index in [1.54, 1.807) is 12.0 Å². The van der Waals surface area contributed by atoms with Crippen molar-refractivity contribution in [1.29, 1.82) is 0 Å². The van der Waals surface area contributed by atoms with Gasteiger partial charge in [-0.2, -0.15) is 0 Å². The first-order chi connectivity index (χ1) is 11.4. The normalized spacial score (nSPS) is 19.7. The Hall–Kier alpha value is -2.76. The van der Waals surface area contributed by atoms with E-state index in [0.29, 0.717) is 6.42 Å². The predicted octanol–water partition coefficient (Wildman–Crippen LogP) is 3.13. The van der Waals surface area contributed by atoms with Crippen LogP contribution >= 0.6 is 0 Å². The Kier molecular flexibility index (Phi) is 4.05. The van der Waals surface area contributed by atoms with Crippen LogP contribution in [0.25, 0.3) is 0 Å². The zero-order valence-electron chi connectivity index (χ0n) is 13.8. The molecule has 0 bridgehead atoms. The lowest BCUT2D eigenvalue weighted by molar-refractivity contribution is 0.0547. The first-order valence-electron chi connectivity index (χ1n) is 7.73. The molecule has 1 aliphatic heterocycles. The summed E-state index contributed by atoms with van der Waals surface area (Å²) >= 11 is 0. The number of nitrogens with zero attached hydrogens (tertiary/aromatic N) is 1.